The highest BCUT2D eigenvalue weighted by Gasteiger charge is 2.13. The van der Waals surface area contributed by atoms with Crippen molar-refractivity contribution in [3.63, 3.8) is 0 Å². The lowest BCUT2D eigenvalue weighted by atomic mass is 10.2. The van der Waals surface area contributed by atoms with Crippen LogP contribution >= 0.6 is 0 Å². The lowest BCUT2D eigenvalue weighted by molar-refractivity contribution is 0.537. The molecule has 0 radical (unpaired) electrons. The SMILES string of the molecule is N=C(N)c1ccc(-c2ccc(-c3ccc(-c4ccc(C(=N)N)cn4)o3)o2)nc1. The Hall–Kier alpha value is -4.20. The number of amidine groups is 2. The summed E-state index contributed by atoms with van der Waals surface area (Å²) in [4.78, 5) is 8.54. The summed E-state index contributed by atoms with van der Waals surface area (Å²) in [6.07, 6.45) is 3.06. The van der Waals surface area contributed by atoms with E-state index in [4.69, 9.17) is 31.1 Å². The van der Waals surface area contributed by atoms with Crippen molar-refractivity contribution in [1.29, 1.82) is 10.8 Å². The van der Waals surface area contributed by atoms with E-state index < -0.39 is 0 Å². The van der Waals surface area contributed by atoms with Crippen LogP contribution in [0.3, 0.4) is 0 Å². The van der Waals surface area contributed by atoms with Crippen LogP contribution in [-0.4, -0.2) is 21.6 Å². The van der Waals surface area contributed by atoms with Crippen LogP contribution in [0.2, 0.25) is 0 Å². The Morgan fingerprint density at radius 1 is 0.607 bits per heavy atom. The molecule has 0 bridgehead atoms. The number of nitrogen functional groups attached to an aromatic ring is 2. The van der Waals surface area contributed by atoms with Gasteiger partial charge in [-0.25, -0.2) is 0 Å². The maximum atomic E-state index is 7.41. The summed E-state index contributed by atoms with van der Waals surface area (Å²) in [5.74, 6) is 2.19. The molecule has 0 amide bonds. The van der Waals surface area contributed by atoms with Crippen molar-refractivity contribution in [2.45, 2.75) is 0 Å². The van der Waals surface area contributed by atoms with Crippen molar-refractivity contribution in [2.24, 2.45) is 11.5 Å². The Kier molecular flexibility index (Phi) is 4.21. The second kappa shape index (κ2) is 6.84. The van der Waals surface area contributed by atoms with Gasteiger partial charge >= 0.3 is 0 Å². The average molecular weight is 372 g/mol. The summed E-state index contributed by atoms with van der Waals surface area (Å²) in [7, 11) is 0. The summed E-state index contributed by atoms with van der Waals surface area (Å²) in [5.41, 5.74) is 13.2. The van der Waals surface area contributed by atoms with Crippen molar-refractivity contribution in [1.82, 2.24) is 9.97 Å². The first-order chi connectivity index (χ1) is 13.5. The topological polar surface area (TPSA) is 152 Å². The number of nitrogens with one attached hydrogen (secondary N) is 2. The van der Waals surface area contributed by atoms with Crippen molar-refractivity contribution in [3.05, 3.63) is 72.1 Å². The molecular formula is C20H16N6O2. The van der Waals surface area contributed by atoms with Gasteiger partial charge in [0.15, 0.2) is 23.0 Å². The summed E-state index contributed by atoms with van der Waals surface area (Å²) >= 11 is 0. The molecule has 0 aromatic carbocycles. The molecule has 6 N–H and O–H groups in total. The molecule has 8 nitrogen and oxygen atoms in total. The minimum atomic E-state index is -0.0350. The van der Waals surface area contributed by atoms with Gasteiger partial charge in [0.2, 0.25) is 0 Å². The number of nitrogens with zero attached hydrogens (tertiary/aromatic N) is 2. The fraction of sp³-hybridized carbons (Fsp3) is 0. The molecule has 0 fully saturated rings. The molecule has 0 aliphatic rings. The van der Waals surface area contributed by atoms with E-state index in [1.807, 2.05) is 0 Å². The second-order valence-electron chi connectivity index (χ2n) is 6.02. The molecule has 0 saturated carbocycles. The third-order valence-corrected chi connectivity index (χ3v) is 4.11. The Labute approximate surface area is 159 Å². The van der Waals surface area contributed by atoms with Crippen molar-refractivity contribution < 1.29 is 8.83 Å². The summed E-state index contributed by atoms with van der Waals surface area (Å²) in [6, 6.07) is 14.1. The minimum Gasteiger partial charge on any atom is -0.451 e. The molecule has 4 aromatic heterocycles. The zero-order chi connectivity index (χ0) is 19.7. The second-order valence-corrected chi connectivity index (χ2v) is 6.02. The Bertz CT molecular complexity index is 1060. The number of rotatable bonds is 5. The Morgan fingerprint density at radius 2 is 1.00 bits per heavy atom. The smallest absolute Gasteiger partial charge is 0.170 e. The molecule has 0 aliphatic heterocycles. The third kappa shape index (κ3) is 3.26. The molecule has 0 atom stereocenters. The van der Waals surface area contributed by atoms with E-state index in [2.05, 4.69) is 9.97 Å². The van der Waals surface area contributed by atoms with E-state index >= 15 is 0 Å². The molecule has 4 heterocycles. The number of hydrogen-bond donors (Lipinski definition) is 4. The van der Waals surface area contributed by atoms with E-state index in [0.717, 1.165) is 0 Å². The van der Waals surface area contributed by atoms with E-state index in [1.54, 1.807) is 48.5 Å². The van der Waals surface area contributed by atoms with Crippen LogP contribution in [0.4, 0.5) is 0 Å². The van der Waals surface area contributed by atoms with Crippen LogP contribution in [0.25, 0.3) is 34.4 Å². The predicted octanol–water partition coefficient (Wildman–Crippen LogP) is 3.23. The van der Waals surface area contributed by atoms with E-state index in [-0.39, 0.29) is 11.7 Å². The number of furan rings is 2. The third-order valence-electron chi connectivity index (χ3n) is 4.11. The van der Waals surface area contributed by atoms with Crippen LogP contribution < -0.4 is 11.5 Å². The van der Waals surface area contributed by atoms with Gasteiger partial charge < -0.3 is 20.3 Å². The van der Waals surface area contributed by atoms with Gasteiger partial charge in [-0.2, -0.15) is 0 Å². The number of hydrogen-bond acceptors (Lipinski definition) is 6. The van der Waals surface area contributed by atoms with Gasteiger partial charge in [-0.15, -0.1) is 0 Å². The molecule has 4 rings (SSSR count). The fourth-order valence-corrected chi connectivity index (χ4v) is 2.61. The van der Waals surface area contributed by atoms with Gasteiger partial charge in [0.1, 0.15) is 23.1 Å². The first-order valence-corrected chi connectivity index (χ1v) is 8.33. The van der Waals surface area contributed by atoms with Crippen LogP contribution in [0.15, 0.2) is 69.8 Å². The molecule has 138 valence electrons. The predicted molar refractivity (Wildman–Crippen MR) is 105 cm³/mol. The van der Waals surface area contributed by atoms with Gasteiger partial charge in [-0.05, 0) is 48.5 Å². The number of nitrogens with two attached hydrogens (primary N) is 2. The minimum absolute atomic E-state index is 0.0350. The zero-order valence-electron chi connectivity index (χ0n) is 14.6. The van der Waals surface area contributed by atoms with Gasteiger partial charge in [0.25, 0.3) is 0 Å². The summed E-state index contributed by atoms with van der Waals surface area (Å²) in [5, 5.41) is 14.8. The van der Waals surface area contributed by atoms with Crippen LogP contribution in [-0.2, 0) is 0 Å². The van der Waals surface area contributed by atoms with Gasteiger partial charge in [-0.1, -0.05) is 0 Å². The normalized spacial score (nSPS) is 10.7. The monoisotopic (exact) mass is 372 g/mol. The molecule has 0 saturated heterocycles. The van der Waals surface area contributed by atoms with Gasteiger partial charge in [-0.3, -0.25) is 20.8 Å². The highest BCUT2D eigenvalue weighted by Crippen LogP contribution is 2.31. The standard InChI is InChI=1S/C20H16N6O2/c21-19(22)11-1-3-13(25-9-11)15-5-7-17(27-15)18-8-6-16(28-18)14-4-2-12(10-26-14)20(23)24/h1-10H,(H3,21,22)(H3,23,24). The largest absolute Gasteiger partial charge is 0.451 e. The van der Waals surface area contributed by atoms with Crippen molar-refractivity contribution in [2.75, 3.05) is 0 Å². The summed E-state index contributed by atoms with van der Waals surface area (Å²) < 4.78 is 11.7. The molecule has 4 aromatic rings. The number of pyridine rings is 2. The molecule has 0 spiro atoms. The van der Waals surface area contributed by atoms with Gasteiger partial charge in [0.05, 0.1) is 0 Å². The molecule has 28 heavy (non-hydrogen) atoms. The number of aromatic nitrogens is 2. The molecule has 8 heteroatoms. The molecule has 0 aliphatic carbocycles. The highest BCUT2D eigenvalue weighted by atomic mass is 16.4. The van der Waals surface area contributed by atoms with Crippen LogP contribution in [0, 0.1) is 10.8 Å². The zero-order valence-corrected chi connectivity index (χ0v) is 14.6. The quantitative estimate of drug-likeness (QED) is 0.312. The van der Waals surface area contributed by atoms with E-state index in [9.17, 15) is 0 Å². The summed E-state index contributed by atoms with van der Waals surface area (Å²) in [6.45, 7) is 0. The van der Waals surface area contributed by atoms with E-state index in [1.165, 1.54) is 12.4 Å². The van der Waals surface area contributed by atoms with Crippen LogP contribution in [0.5, 0.6) is 0 Å². The first kappa shape index (κ1) is 17.2. The molecular weight excluding hydrogens is 356 g/mol. The van der Waals surface area contributed by atoms with Crippen molar-refractivity contribution in [3.8, 4) is 34.4 Å². The highest BCUT2D eigenvalue weighted by molar-refractivity contribution is 5.95. The lowest BCUT2D eigenvalue weighted by Crippen LogP contribution is -2.11. The van der Waals surface area contributed by atoms with Gasteiger partial charge in [0, 0.05) is 23.5 Å². The Morgan fingerprint density at radius 3 is 1.32 bits per heavy atom. The van der Waals surface area contributed by atoms with Crippen LogP contribution in [0.1, 0.15) is 11.1 Å². The fourth-order valence-electron chi connectivity index (χ4n) is 2.61. The molecule has 0 unspecified atom stereocenters. The van der Waals surface area contributed by atoms with E-state index in [0.29, 0.717) is 45.6 Å². The lowest BCUT2D eigenvalue weighted by Gasteiger charge is -2.00. The van der Waals surface area contributed by atoms with Crippen molar-refractivity contribution >= 4 is 11.7 Å². The maximum absolute atomic E-state index is 7.41. The maximum Gasteiger partial charge on any atom is 0.170 e. The first-order valence-electron chi connectivity index (χ1n) is 8.33. The Balaban J connectivity index is 1.57. The average Bonchev–Trinajstić information content (AvgIpc) is 3.38.